The van der Waals surface area contributed by atoms with Crippen molar-refractivity contribution in [2.75, 3.05) is 5.75 Å². The van der Waals surface area contributed by atoms with Crippen LogP contribution in [0.3, 0.4) is 0 Å². The molecular weight excluding hydrogens is 479 g/mol. The van der Waals surface area contributed by atoms with E-state index < -0.39 is 18.3 Å². The van der Waals surface area contributed by atoms with Crippen LogP contribution in [0.25, 0.3) is 0 Å². The van der Waals surface area contributed by atoms with Gasteiger partial charge in [-0.1, -0.05) is 70.7 Å². The molecule has 0 spiro atoms. The van der Waals surface area contributed by atoms with Crippen LogP contribution >= 0.6 is 11.8 Å². The highest BCUT2D eigenvalue weighted by molar-refractivity contribution is 8.03. The summed E-state index contributed by atoms with van der Waals surface area (Å²) in [6.07, 6.45) is 14.7. The zero-order chi connectivity index (χ0) is 24.8. The largest absolute Gasteiger partial charge is 0.540 e. The van der Waals surface area contributed by atoms with E-state index in [1.54, 1.807) is 11.8 Å². The Morgan fingerprint density at radius 1 is 0.971 bits per heavy atom. The summed E-state index contributed by atoms with van der Waals surface area (Å²) in [6.45, 7) is 15.5. The van der Waals surface area contributed by atoms with Gasteiger partial charge in [-0.3, -0.25) is 0 Å². The van der Waals surface area contributed by atoms with Crippen molar-refractivity contribution in [1.82, 2.24) is 4.31 Å². The van der Waals surface area contributed by atoms with Gasteiger partial charge in [-0.2, -0.15) is 4.31 Å². The Labute approximate surface area is 215 Å². The number of rotatable bonds is 9. The van der Waals surface area contributed by atoms with Gasteiger partial charge < -0.3 is 4.43 Å². The zero-order valence-electron chi connectivity index (χ0n) is 22.4. The monoisotopic (exact) mass is 527 g/mol. The minimum atomic E-state index is -3.37. The predicted octanol–water partition coefficient (Wildman–Crippen LogP) is 7.53. The summed E-state index contributed by atoms with van der Waals surface area (Å²) in [5.41, 5.74) is -0.170. The van der Waals surface area contributed by atoms with Crippen molar-refractivity contribution < 1.29 is 12.8 Å². The minimum Gasteiger partial charge on any atom is -0.540 e. The fourth-order valence-electron chi connectivity index (χ4n) is 7.85. The molecule has 0 aromatic carbocycles. The van der Waals surface area contributed by atoms with Gasteiger partial charge in [0.25, 0.3) is 0 Å². The second kappa shape index (κ2) is 10.1. The van der Waals surface area contributed by atoms with Crippen LogP contribution < -0.4 is 0 Å². The maximum atomic E-state index is 14.5. The third-order valence-corrected chi connectivity index (χ3v) is 14.1. The number of thioether (sulfide) groups is 1. The van der Waals surface area contributed by atoms with Crippen LogP contribution in [0.15, 0.2) is 11.7 Å². The Morgan fingerprint density at radius 2 is 1.50 bits per heavy atom. The van der Waals surface area contributed by atoms with Gasteiger partial charge in [0.2, 0.25) is 18.3 Å². The van der Waals surface area contributed by atoms with Gasteiger partial charge in [-0.15, -0.1) is 0 Å². The molecule has 7 heteroatoms. The topological polar surface area (TPSA) is 46.6 Å². The highest BCUT2D eigenvalue weighted by Crippen LogP contribution is 2.69. The SMILES string of the molecule is C=C(O[Si](C)(C)C)SC1CC2CCC1(CS(=O)(=O)N(C1CCCCC1)C1CCCCC1)C2(C)C. The molecule has 4 aliphatic rings. The first-order chi connectivity index (χ1) is 15.9. The van der Waals surface area contributed by atoms with E-state index in [9.17, 15) is 8.42 Å². The van der Waals surface area contributed by atoms with Crippen LogP contribution in [0, 0.1) is 16.7 Å². The number of hydrogen-bond donors (Lipinski definition) is 0. The Morgan fingerprint density at radius 3 is 1.97 bits per heavy atom. The van der Waals surface area contributed by atoms with Crippen molar-refractivity contribution in [1.29, 1.82) is 0 Å². The summed E-state index contributed by atoms with van der Waals surface area (Å²) in [7, 11) is -5.10. The van der Waals surface area contributed by atoms with Crippen LogP contribution in [0.1, 0.15) is 97.3 Å². The summed E-state index contributed by atoms with van der Waals surface area (Å²) in [6, 6.07) is 0.438. The molecule has 4 aliphatic carbocycles. The third-order valence-electron chi connectivity index (χ3n) is 9.68. The van der Waals surface area contributed by atoms with E-state index in [2.05, 4.69) is 44.4 Å². The molecule has 0 saturated heterocycles. The van der Waals surface area contributed by atoms with Crippen molar-refractivity contribution in [3.8, 4) is 0 Å². The lowest BCUT2D eigenvalue weighted by molar-refractivity contribution is 0.143. The van der Waals surface area contributed by atoms with Crippen LogP contribution in [0.4, 0.5) is 0 Å². The quantitative estimate of drug-likeness (QED) is 0.230. The highest BCUT2D eigenvalue weighted by atomic mass is 32.2. The fraction of sp³-hybridized carbons (Fsp3) is 0.926. The number of hydrogen-bond acceptors (Lipinski definition) is 4. The summed E-state index contributed by atoms with van der Waals surface area (Å²) >= 11 is 1.76. The third kappa shape index (κ3) is 5.33. The van der Waals surface area contributed by atoms with E-state index in [4.69, 9.17) is 4.43 Å². The summed E-state index contributed by atoms with van der Waals surface area (Å²) in [5.74, 6) is 0.909. The van der Waals surface area contributed by atoms with Gasteiger partial charge in [-0.05, 0) is 75.9 Å². The second-order valence-electron chi connectivity index (χ2n) is 13.2. The molecule has 196 valence electrons. The van der Waals surface area contributed by atoms with Crippen molar-refractivity contribution >= 4 is 30.1 Å². The van der Waals surface area contributed by atoms with Crippen LogP contribution in [0.5, 0.6) is 0 Å². The molecule has 0 aliphatic heterocycles. The van der Waals surface area contributed by atoms with Crippen molar-refractivity contribution in [2.45, 2.75) is 134 Å². The molecule has 0 radical (unpaired) electrons. The fourth-order valence-corrected chi connectivity index (χ4v) is 13.8. The average Bonchev–Trinajstić information content (AvgIpc) is 3.08. The van der Waals surface area contributed by atoms with Gasteiger partial charge in [-0.25, -0.2) is 8.42 Å². The van der Waals surface area contributed by atoms with Crippen molar-refractivity contribution in [3.05, 3.63) is 11.7 Å². The lowest BCUT2D eigenvalue weighted by Gasteiger charge is -2.46. The van der Waals surface area contributed by atoms with E-state index >= 15 is 0 Å². The summed E-state index contributed by atoms with van der Waals surface area (Å²) in [4.78, 5) is 0. The molecular formula is C27H49NO3S2Si. The molecule has 0 aromatic rings. The van der Waals surface area contributed by atoms with Gasteiger partial charge in [0.1, 0.15) is 5.09 Å². The lowest BCUT2D eigenvalue weighted by atomic mass is 9.70. The van der Waals surface area contributed by atoms with Gasteiger partial charge in [0, 0.05) is 22.7 Å². The van der Waals surface area contributed by atoms with E-state index in [0.29, 0.717) is 11.7 Å². The summed E-state index contributed by atoms with van der Waals surface area (Å²) < 4.78 is 37.3. The van der Waals surface area contributed by atoms with E-state index in [0.717, 1.165) is 50.0 Å². The van der Waals surface area contributed by atoms with E-state index in [1.807, 2.05) is 0 Å². The molecule has 4 saturated carbocycles. The first-order valence-corrected chi connectivity index (χ1v) is 19.8. The molecule has 3 atom stereocenters. The Hall–Kier alpha value is 0.0169. The average molecular weight is 528 g/mol. The normalized spacial score (nSPS) is 32.9. The molecule has 0 aromatic heterocycles. The first kappa shape index (κ1) is 27.1. The van der Waals surface area contributed by atoms with Crippen molar-refractivity contribution in [2.24, 2.45) is 16.7 Å². The van der Waals surface area contributed by atoms with Crippen LogP contribution in [0.2, 0.25) is 19.6 Å². The van der Waals surface area contributed by atoms with Crippen LogP contribution in [-0.4, -0.2) is 44.1 Å². The Kier molecular flexibility index (Phi) is 8.00. The number of nitrogens with zero attached hydrogens (tertiary/aromatic N) is 1. The van der Waals surface area contributed by atoms with Crippen molar-refractivity contribution in [3.63, 3.8) is 0 Å². The smallest absolute Gasteiger partial charge is 0.242 e. The molecule has 34 heavy (non-hydrogen) atoms. The van der Waals surface area contributed by atoms with E-state index in [-0.39, 0.29) is 28.2 Å². The minimum absolute atomic E-state index is 0.0297. The molecule has 2 bridgehead atoms. The molecule has 0 heterocycles. The maximum Gasteiger partial charge on any atom is 0.242 e. The molecule has 4 rings (SSSR count). The first-order valence-electron chi connectivity index (χ1n) is 13.9. The molecule has 3 unspecified atom stereocenters. The molecule has 4 fully saturated rings. The summed E-state index contributed by atoms with van der Waals surface area (Å²) in [5, 5.41) is 1.08. The zero-order valence-corrected chi connectivity index (χ0v) is 25.0. The van der Waals surface area contributed by atoms with Crippen LogP contribution in [-0.2, 0) is 14.4 Å². The lowest BCUT2D eigenvalue weighted by Crippen LogP contribution is -2.54. The molecule has 4 nitrogen and oxygen atoms in total. The molecule has 0 amide bonds. The highest BCUT2D eigenvalue weighted by Gasteiger charge is 2.66. The molecule has 0 N–H and O–H groups in total. The standard InChI is InChI=1S/C27H49NO3S2Si/c1-21(31-34(4,5)6)32-25-19-22-17-18-27(25,26(22,2)3)20-33(29,30)28(23-13-9-7-10-14-23)24-15-11-8-12-16-24/h22-25H,1,7-20H2,2-6H3. The van der Waals surface area contributed by atoms with Gasteiger partial charge in [0.05, 0.1) is 5.75 Å². The second-order valence-corrected chi connectivity index (χ2v) is 20.8. The predicted molar refractivity (Wildman–Crippen MR) is 148 cm³/mol. The Bertz CT molecular complexity index is 822. The van der Waals surface area contributed by atoms with Gasteiger partial charge >= 0.3 is 0 Å². The van der Waals surface area contributed by atoms with Gasteiger partial charge in [0.15, 0.2) is 0 Å². The maximum absolute atomic E-state index is 14.5. The number of fused-ring (bicyclic) bond motifs is 2. The Balaban J connectivity index is 1.62. The van der Waals surface area contributed by atoms with E-state index in [1.165, 1.54) is 38.5 Å². The number of sulfonamides is 1.